The summed E-state index contributed by atoms with van der Waals surface area (Å²) in [7, 11) is 0. The molecule has 0 spiro atoms. The number of amides is 1. The average molecular weight is 314 g/mol. The molecule has 1 aromatic carbocycles. The lowest BCUT2D eigenvalue weighted by atomic mass is 10.0. The summed E-state index contributed by atoms with van der Waals surface area (Å²) >= 11 is 6.02. The van der Waals surface area contributed by atoms with Crippen molar-refractivity contribution in [3.8, 4) is 0 Å². The van der Waals surface area contributed by atoms with E-state index in [9.17, 15) is 14.0 Å². The van der Waals surface area contributed by atoms with Crippen LogP contribution in [-0.2, 0) is 4.79 Å². The molecular weight excluding hydrogens is 297 g/mol. The molecule has 0 aromatic heterocycles. The van der Waals surface area contributed by atoms with Gasteiger partial charge in [0.25, 0.3) is 5.91 Å². The smallest absolute Gasteiger partial charge is 0.303 e. The number of carbonyl (C=O) groups excluding carboxylic acids is 1. The molecule has 1 aromatic rings. The number of carboxylic acid groups (broad SMARTS) is 1. The Hall–Kier alpha value is -1.62. The van der Waals surface area contributed by atoms with Gasteiger partial charge in [0, 0.05) is 19.5 Å². The van der Waals surface area contributed by atoms with Crippen LogP contribution in [-0.4, -0.2) is 35.0 Å². The van der Waals surface area contributed by atoms with Crippen LogP contribution in [0.5, 0.6) is 0 Å². The second-order valence-corrected chi connectivity index (χ2v) is 5.83. The quantitative estimate of drug-likeness (QED) is 0.929. The number of aliphatic carboxylic acids is 1. The Morgan fingerprint density at radius 3 is 2.86 bits per heavy atom. The van der Waals surface area contributed by atoms with E-state index in [0.29, 0.717) is 25.1 Å². The van der Waals surface area contributed by atoms with Crippen LogP contribution in [0.4, 0.5) is 4.39 Å². The third kappa shape index (κ3) is 3.73. The number of hydrogen-bond acceptors (Lipinski definition) is 2. The van der Waals surface area contributed by atoms with Gasteiger partial charge in [0.1, 0.15) is 5.82 Å². The van der Waals surface area contributed by atoms with Gasteiger partial charge >= 0.3 is 5.97 Å². The number of carbonyl (C=O) groups is 2. The number of hydrogen-bond donors (Lipinski definition) is 1. The first kappa shape index (κ1) is 15.8. The predicted octanol–water partition coefficient (Wildman–Crippen LogP) is 3.11. The third-order valence-corrected chi connectivity index (χ3v) is 4.13. The molecule has 1 heterocycles. The molecule has 0 saturated carbocycles. The molecule has 1 amide bonds. The lowest BCUT2D eigenvalue weighted by molar-refractivity contribution is -0.137. The van der Waals surface area contributed by atoms with Gasteiger partial charge in [0.2, 0.25) is 0 Å². The number of likely N-dealkylation sites (tertiary alicyclic amines) is 1. The molecule has 1 aliphatic rings. The standard InChI is InChI=1S/C15H17ClFNO3/c1-9-6-12(16)11(7-13(9)17)15(21)18-5-4-10(8-18)2-3-14(19)20/h6-7,10H,2-5,8H2,1H3,(H,19,20). The van der Waals surface area contributed by atoms with Crippen LogP contribution in [0.3, 0.4) is 0 Å². The molecule has 1 N–H and O–H groups in total. The predicted molar refractivity (Wildman–Crippen MR) is 77.0 cm³/mol. The van der Waals surface area contributed by atoms with E-state index < -0.39 is 11.8 Å². The van der Waals surface area contributed by atoms with Crippen molar-refractivity contribution in [2.75, 3.05) is 13.1 Å². The monoisotopic (exact) mass is 313 g/mol. The molecule has 1 saturated heterocycles. The van der Waals surface area contributed by atoms with Gasteiger partial charge in [0.05, 0.1) is 10.6 Å². The summed E-state index contributed by atoms with van der Waals surface area (Å²) in [6, 6.07) is 2.62. The Morgan fingerprint density at radius 1 is 1.48 bits per heavy atom. The maximum absolute atomic E-state index is 13.6. The summed E-state index contributed by atoms with van der Waals surface area (Å²) < 4.78 is 13.6. The van der Waals surface area contributed by atoms with Gasteiger partial charge in [-0.05, 0) is 43.4 Å². The zero-order valence-electron chi connectivity index (χ0n) is 11.7. The average Bonchev–Trinajstić information content (AvgIpc) is 2.88. The van der Waals surface area contributed by atoms with E-state index in [4.69, 9.17) is 16.7 Å². The fourth-order valence-corrected chi connectivity index (χ4v) is 2.86. The van der Waals surface area contributed by atoms with Gasteiger partial charge in [-0.3, -0.25) is 9.59 Å². The highest BCUT2D eigenvalue weighted by Gasteiger charge is 2.28. The van der Waals surface area contributed by atoms with Gasteiger partial charge < -0.3 is 10.0 Å². The minimum absolute atomic E-state index is 0.104. The van der Waals surface area contributed by atoms with Crippen LogP contribution in [0.1, 0.15) is 35.2 Å². The highest BCUT2D eigenvalue weighted by Crippen LogP contribution is 2.26. The van der Waals surface area contributed by atoms with Gasteiger partial charge in [-0.2, -0.15) is 0 Å². The minimum Gasteiger partial charge on any atom is -0.481 e. The molecule has 2 rings (SSSR count). The summed E-state index contributed by atoms with van der Waals surface area (Å²) in [6.45, 7) is 2.64. The number of nitrogens with zero attached hydrogens (tertiary/aromatic N) is 1. The highest BCUT2D eigenvalue weighted by atomic mass is 35.5. The van der Waals surface area contributed by atoms with Crippen molar-refractivity contribution in [2.24, 2.45) is 5.92 Å². The van der Waals surface area contributed by atoms with Crippen LogP contribution in [0.25, 0.3) is 0 Å². The molecule has 0 bridgehead atoms. The second kappa shape index (κ2) is 6.43. The number of rotatable bonds is 4. The summed E-state index contributed by atoms with van der Waals surface area (Å²) in [6.07, 6.45) is 1.42. The van der Waals surface area contributed by atoms with Gasteiger partial charge in [-0.1, -0.05) is 11.6 Å². The third-order valence-electron chi connectivity index (χ3n) is 3.82. The Kier molecular flexibility index (Phi) is 4.83. The van der Waals surface area contributed by atoms with Crippen LogP contribution in [0, 0.1) is 18.7 Å². The molecule has 4 nitrogen and oxygen atoms in total. The SMILES string of the molecule is Cc1cc(Cl)c(C(=O)N2CCC(CCC(=O)O)C2)cc1F. The number of halogens is 2. The minimum atomic E-state index is -0.830. The van der Waals surface area contributed by atoms with Crippen molar-refractivity contribution in [3.63, 3.8) is 0 Å². The van der Waals surface area contributed by atoms with Gasteiger partial charge in [-0.25, -0.2) is 4.39 Å². The topological polar surface area (TPSA) is 57.6 Å². The van der Waals surface area contributed by atoms with E-state index in [2.05, 4.69) is 0 Å². The van der Waals surface area contributed by atoms with Crippen molar-refractivity contribution < 1.29 is 19.1 Å². The van der Waals surface area contributed by atoms with E-state index >= 15 is 0 Å². The largest absolute Gasteiger partial charge is 0.481 e. The molecule has 1 aliphatic heterocycles. The number of benzene rings is 1. The van der Waals surface area contributed by atoms with Crippen molar-refractivity contribution >= 4 is 23.5 Å². The zero-order chi connectivity index (χ0) is 15.6. The van der Waals surface area contributed by atoms with E-state index in [1.165, 1.54) is 12.1 Å². The lowest BCUT2D eigenvalue weighted by Gasteiger charge is -2.17. The Morgan fingerprint density at radius 2 is 2.19 bits per heavy atom. The highest BCUT2D eigenvalue weighted by molar-refractivity contribution is 6.33. The Balaban J connectivity index is 2.05. The molecule has 21 heavy (non-hydrogen) atoms. The van der Waals surface area contributed by atoms with Crippen LogP contribution < -0.4 is 0 Å². The first-order chi connectivity index (χ1) is 9.88. The first-order valence-corrected chi connectivity index (χ1v) is 7.23. The fraction of sp³-hybridized carbons (Fsp3) is 0.467. The second-order valence-electron chi connectivity index (χ2n) is 5.42. The molecule has 6 heteroatoms. The maximum atomic E-state index is 13.6. The van der Waals surface area contributed by atoms with Crippen LogP contribution in [0.15, 0.2) is 12.1 Å². The maximum Gasteiger partial charge on any atom is 0.303 e. The molecule has 0 radical (unpaired) electrons. The summed E-state index contributed by atoms with van der Waals surface area (Å²) in [5.74, 6) is -1.40. The van der Waals surface area contributed by atoms with E-state index in [-0.39, 0.29) is 28.8 Å². The van der Waals surface area contributed by atoms with Crippen molar-refractivity contribution in [1.82, 2.24) is 4.90 Å². The zero-order valence-corrected chi connectivity index (χ0v) is 12.5. The van der Waals surface area contributed by atoms with E-state index in [0.717, 1.165) is 6.42 Å². The van der Waals surface area contributed by atoms with Crippen LogP contribution >= 0.6 is 11.6 Å². The van der Waals surface area contributed by atoms with Crippen molar-refractivity contribution in [1.29, 1.82) is 0 Å². The Labute approximate surface area is 127 Å². The van der Waals surface area contributed by atoms with E-state index in [1.54, 1.807) is 11.8 Å². The number of carboxylic acids is 1. The van der Waals surface area contributed by atoms with Gasteiger partial charge in [-0.15, -0.1) is 0 Å². The molecule has 1 atom stereocenters. The van der Waals surface area contributed by atoms with Gasteiger partial charge in [0.15, 0.2) is 0 Å². The van der Waals surface area contributed by atoms with Crippen molar-refractivity contribution in [3.05, 3.63) is 34.1 Å². The Bertz CT molecular complexity index is 576. The number of aryl methyl sites for hydroxylation is 1. The summed E-state index contributed by atoms with van der Waals surface area (Å²) in [4.78, 5) is 24.6. The normalized spacial score (nSPS) is 18.0. The summed E-state index contributed by atoms with van der Waals surface area (Å²) in [5.41, 5.74) is 0.566. The molecule has 1 unspecified atom stereocenters. The van der Waals surface area contributed by atoms with Crippen LogP contribution in [0.2, 0.25) is 5.02 Å². The summed E-state index contributed by atoms with van der Waals surface area (Å²) in [5, 5.41) is 8.92. The van der Waals surface area contributed by atoms with E-state index in [1.807, 2.05) is 0 Å². The first-order valence-electron chi connectivity index (χ1n) is 6.85. The molecular formula is C15H17ClFNO3. The molecule has 114 valence electrons. The molecule has 1 fully saturated rings. The molecule has 0 aliphatic carbocycles. The lowest BCUT2D eigenvalue weighted by Crippen LogP contribution is -2.29. The fourth-order valence-electron chi connectivity index (χ4n) is 2.56. The van der Waals surface area contributed by atoms with Crippen molar-refractivity contribution in [2.45, 2.75) is 26.2 Å².